The van der Waals surface area contributed by atoms with Crippen molar-refractivity contribution in [2.75, 3.05) is 25.1 Å². The highest BCUT2D eigenvalue weighted by molar-refractivity contribution is 7.91. The summed E-state index contributed by atoms with van der Waals surface area (Å²) in [5, 5.41) is 3.48. The van der Waals surface area contributed by atoms with Crippen LogP contribution in [0.15, 0.2) is 40.5 Å². The van der Waals surface area contributed by atoms with Crippen molar-refractivity contribution in [2.45, 2.75) is 25.3 Å². The molecule has 0 spiro atoms. The molecule has 3 heterocycles. The molecule has 1 unspecified atom stereocenters. The van der Waals surface area contributed by atoms with E-state index >= 15 is 0 Å². The molecule has 1 N–H and O–H groups in total. The van der Waals surface area contributed by atoms with E-state index in [0.29, 0.717) is 11.1 Å². The third-order valence-electron chi connectivity index (χ3n) is 6.12. The average Bonchev–Trinajstić information content (AvgIpc) is 3.38. The van der Waals surface area contributed by atoms with E-state index in [1.54, 1.807) is 17.8 Å². The summed E-state index contributed by atoms with van der Waals surface area (Å²) in [4.78, 5) is 15.5. The zero-order valence-electron chi connectivity index (χ0n) is 16.2. The number of fused-ring (bicyclic) bond motifs is 2. The Hall–Kier alpha value is -2.28. The van der Waals surface area contributed by atoms with Gasteiger partial charge in [0.05, 0.1) is 23.1 Å². The molecule has 0 saturated heterocycles. The number of nitrogens with zero attached hydrogens (tertiary/aromatic N) is 2. The van der Waals surface area contributed by atoms with Crippen LogP contribution in [0.25, 0.3) is 11.3 Å². The van der Waals surface area contributed by atoms with E-state index in [0.717, 1.165) is 47.8 Å². The number of rotatable bonds is 4. The van der Waals surface area contributed by atoms with Crippen LogP contribution in [0.4, 0.5) is 0 Å². The molecule has 2 aliphatic heterocycles. The van der Waals surface area contributed by atoms with Gasteiger partial charge in [-0.05, 0) is 54.0 Å². The third kappa shape index (κ3) is 2.92. The maximum atomic E-state index is 13.1. The minimum absolute atomic E-state index is 0.0711. The van der Waals surface area contributed by atoms with Gasteiger partial charge in [-0.1, -0.05) is 0 Å². The first-order valence-electron chi connectivity index (χ1n) is 9.86. The van der Waals surface area contributed by atoms with Gasteiger partial charge in [-0.15, -0.1) is 0 Å². The summed E-state index contributed by atoms with van der Waals surface area (Å²) in [5.74, 6) is 0.691. The summed E-state index contributed by atoms with van der Waals surface area (Å²) >= 11 is 0. The monoisotopic (exact) mass is 399 g/mol. The van der Waals surface area contributed by atoms with Crippen LogP contribution in [-0.4, -0.2) is 49.0 Å². The fourth-order valence-electron chi connectivity index (χ4n) is 4.67. The first-order chi connectivity index (χ1) is 13.3. The number of nitrogens with one attached hydrogen (secondary N) is 1. The van der Waals surface area contributed by atoms with Gasteiger partial charge in [0.25, 0.3) is 5.56 Å². The Labute approximate surface area is 165 Å². The Kier molecular flexibility index (Phi) is 3.88. The lowest BCUT2D eigenvalue weighted by Gasteiger charge is -2.32. The summed E-state index contributed by atoms with van der Waals surface area (Å²) in [6, 6.07) is 2.13. The summed E-state index contributed by atoms with van der Waals surface area (Å²) < 4.78 is 25.8. The largest absolute Gasteiger partial charge is 0.384 e. The molecule has 0 amide bonds. The predicted molar refractivity (Wildman–Crippen MR) is 110 cm³/mol. The molecule has 0 radical (unpaired) electrons. The first-order valence-corrected chi connectivity index (χ1v) is 11.9. The van der Waals surface area contributed by atoms with Crippen LogP contribution >= 0.6 is 0 Å². The van der Waals surface area contributed by atoms with Gasteiger partial charge in [-0.3, -0.25) is 4.79 Å². The van der Waals surface area contributed by atoms with Crippen molar-refractivity contribution in [1.29, 1.82) is 0 Å². The highest BCUT2D eigenvalue weighted by atomic mass is 32.2. The maximum absolute atomic E-state index is 13.1. The number of aryl methyl sites for hydroxylation is 1. The Morgan fingerprint density at radius 2 is 2.04 bits per heavy atom. The minimum atomic E-state index is -3.24. The number of aromatic nitrogens is 1. The van der Waals surface area contributed by atoms with E-state index in [1.165, 1.54) is 19.1 Å². The maximum Gasteiger partial charge on any atom is 0.260 e. The molecule has 0 bridgehead atoms. The molecule has 1 atom stereocenters. The molecule has 1 aromatic rings. The van der Waals surface area contributed by atoms with Crippen molar-refractivity contribution in [2.24, 2.45) is 13.0 Å². The lowest BCUT2D eigenvalue weighted by molar-refractivity contribution is 0.297. The summed E-state index contributed by atoms with van der Waals surface area (Å²) in [5.41, 5.74) is 5.03. The van der Waals surface area contributed by atoms with E-state index in [4.69, 9.17) is 0 Å². The van der Waals surface area contributed by atoms with Crippen molar-refractivity contribution < 1.29 is 8.42 Å². The third-order valence-corrected chi connectivity index (χ3v) is 6.95. The van der Waals surface area contributed by atoms with Gasteiger partial charge >= 0.3 is 0 Å². The Balaban J connectivity index is 1.74. The molecule has 0 aromatic carbocycles. The lowest BCUT2D eigenvalue weighted by Crippen LogP contribution is -2.39. The number of hydrogen-bond donors (Lipinski definition) is 1. The lowest BCUT2D eigenvalue weighted by atomic mass is 9.92. The second kappa shape index (κ2) is 6.11. The van der Waals surface area contributed by atoms with Gasteiger partial charge in [0.1, 0.15) is 0 Å². The Morgan fingerprint density at radius 3 is 2.75 bits per heavy atom. The van der Waals surface area contributed by atoms with E-state index in [1.807, 2.05) is 12.1 Å². The molecule has 5 rings (SSSR count). The Morgan fingerprint density at radius 1 is 1.25 bits per heavy atom. The number of pyridine rings is 1. The highest BCUT2D eigenvalue weighted by Gasteiger charge is 2.39. The molecule has 1 fully saturated rings. The van der Waals surface area contributed by atoms with Gasteiger partial charge in [-0.25, -0.2) is 8.42 Å². The summed E-state index contributed by atoms with van der Waals surface area (Å²) in [6.45, 7) is 1.85. The molecule has 1 aromatic heterocycles. The topological polar surface area (TPSA) is 71.4 Å². The van der Waals surface area contributed by atoms with Crippen LogP contribution in [0.2, 0.25) is 0 Å². The number of sulfone groups is 1. The summed E-state index contributed by atoms with van der Waals surface area (Å²) in [6.07, 6.45) is 10.7. The smallest absolute Gasteiger partial charge is 0.260 e. The van der Waals surface area contributed by atoms with Crippen LogP contribution in [0, 0.1) is 5.92 Å². The average molecular weight is 400 g/mol. The van der Waals surface area contributed by atoms with Crippen molar-refractivity contribution in [3.63, 3.8) is 0 Å². The zero-order valence-corrected chi connectivity index (χ0v) is 17.1. The van der Waals surface area contributed by atoms with Gasteiger partial charge in [-0.2, -0.15) is 0 Å². The van der Waals surface area contributed by atoms with Crippen molar-refractivity contribution >= 4 is 21.1 Å². The van der Waals surface area contributed by atoms with Gasteiger partial charge in [0.15, 0.2) is 9.84 Å². The predicted octanol–water partition coefficient (Wildman–Crippen LogP) is 1.51. The molecule has 2 aliphatic carbocycles. The Bertz CT molecular complexity index is 1120. The van der Waals surface area contributed by atoms with Crippen molar-refractivity contribution in [1.82, 2.24) is 14.8 Å². The van der Waals surface area contributed by atoms with E-state index < -0.39 is 9.84 Å². The van der Waals surface area contributed by atoms with Gasteiger partial charge in [0, 0.05) is 44.4 Å². The first kappa shape index (κ1) is 17.8. The van der Waals surface area contributed by atoms with Crippen LogP contribution in [0.1, 0.15) is 30.4 Å². The van der Waals surface area contributed by atoms with Crippen LogP contribution in [-0.2, 0) is 16.9 Å². The molecule has 1 saturated carbocycles. The number of allylic oxidation sites excluding steroid dienone is 1. The standard InChI is InChI=1S/C21H25N3O3S/c1-23-8-6-16-15(12-28(2,26)27)9-14-11-24(10-13-3-4-13)17-5-7-22-20(18(14)17)19(16)21(23)25/h6,8-9,11,13,17,22H,3-5,7,10,12H2,1-2H3. The molecule has 7 heteroatoms. The SMILES string of the molecule is Cn1ccc2c(c1=O)C1=C3C(=CN(CC4CC4)C3CCN1)C=C2CS(C)(=O)=O. The normalized spacial score (nSPS) is 23.5. The van der Waals surface area contributed by atoms with Crippen molar-refractivity contribution in [3.05, 3.63) is 57.2 Å². The molecule has 4 aliphatic rings. The molecular formula is C21H25N3O3S. The molecular weight excluding hydrogens is 374 g/mol. The van der Waals surface area contributed by atoms with Gasteiger partial charge in [0.2, 0.25) is 0 Å². The van der Waals surface area contributed by atoms with E-state index in [9.17, 15) is 13.2 Å². The fourth-order valence-corrected chi connectivity index (χ4v) is 5.47. The highest BCUT2D eigenvalue weighted by Crippen LogP contribution is 2.44. The second-order valence-corrected chi connectivity index (χ2v) is 10.6. The quantitative estimate of drug-likeness (QED) is 0.831. The molecule has 6 nitrogen and oxygen atoms in total. The van der Waals surface area contributed by atoms with Crippen LogP contribution in [0.5, 0.6) is 0 Å². The molecule has 148 valence electrons. The summed E-state index contributed by atoms with van der Waals surface area (Å²) in [7, 11) is -1.50. The minimum Gasteiger partial charge on any atom is -0.384 e. The van der Waals surface area contributed by atoms with Crippen LogP contribution in [0.3, 0.4) is 0 Å². The fraction of sp³-hybridized carbons (Fsp3) is 0.476. The van der Waals surface area contributed by atoms with Crippen LogP contribution < -0.4 is 10.9 Å². The number of hydrogen-bond acceptors (Lipinski definition) is 5. The second-order valence-electron chi connectivity index (χ2n) is 8.50. The van der Waals surface area contributed by atoms with Gasteiger partial charge < -0.3 is 14.8 Å². The van der Waals surface area contributed by atoms with E-state index in [2.05, 4.69) is 16.4 Å². The van der Waals surface area contributed by atoms with E-state index in [-0.39, 0.29) is 17.4 Å². The zero-order chi connectivity index (χ0) is 19.6. The molecule has 28 heavy (non-hydrogen) atoms. The van der Waals surface area contributed by atoms with Crippen molar-refractivity contribution in [3.8, 4) is 0 Å².